The van der Waals surface area contributed by atoms with Crippen LogP contribution in [0.3, 0.4) is 0 Å². The van der Waals surface area contributed by atoms with Crippen molar-refractivity contribution < 1.29 is 4.74 Å². The molecule has 1 saturated carbocycles. The van der Waals surface area contributed by atoms with Gasteiger partial charge in [0.25, 0.3) is 0 Å². The Hall–Kier alpha value is -0.670. The third-order valence-electron chi connectivity index (χ3n) is 4.12. The molecule has 0 aromatic heterocycles. The molecular weight excluding hydrogens is 254 g/mol. The first kappa shape index (κ1) is 13.3. The highest BCUT2D eigenvalue weighted by molar-refractivity contribution is 8.00. The number of hydrogen-bond acceptors (Lipinski definition) is 3. The minimum Gasteiger partial charge on any atom is -0.492 e. The van der Waals surface area contributed by atoms with Crippen molar-refractivity contribution >= 4 is 11.8 Å². The standard InChI is InChI=1S/C16H23NOS/c1-2-17-16-13-9-5-6-10-14(13)18-11-15(16)19-12-7-3-4-8-12/h5-6,9-10,12,15-17H,2-4,7-8,11H2,1H3. The van der Waals surface area contributed by atoms with Gasteiger partial charge in [-0.15, -0.1) is 11.8 Å². The Morgan fingerprint density at radius 1 is 1.26 bits per heavy atom. The molecule has 0 radical (unpaired) electrons. The summed E-state index contributed by atoms with van der Waals surface area (Å²) in [5, 5.41) is 5.06. The fraction of sp³-hybridized carbons (Fsp3) is 0.625. The highest BCUT2D eigenvalue weighted by Crippen LogP contribution is 2.41. The van der Waals surface area contributed by atoms with E-state index in [0.717, 1.165) is 24.2 Å². The van der Waals surface area contributed by atoms with E-state index in [4.69, 9.17) is 4.74 Å². The summed E-state index contributed by atoms with van der Waals surface area (Å²) in [5.74, 6) is 1.07. The quantitative estimate of drug-likeness (QED) is 0.905. The number of ether oxygens (including phenoxy) is 1. The molecule has 0 saturated heterocycles. The van der Waals surface area contributed by atoms with Crippen LogP contribution in [0.5, 0.6) is 5.75 Å². The van der Waals surface area contributed by atoms with Gasteiger partial charge in [0, 0.05) is 10.8 Å². The molecule has 2 unspecified atom stereocenters. The number of benzene rings is 1. The van der Waals surface area contributed by atoms with Gasteiger partial charge in [-0.25, -0.2) is 0 Å². The third-order valence-corrected chi connectivity index (χ3v) is 5.74. The predicted molar refractivity (Wildman–Crippen MR) is 82.0 cm³/mol. The SMILES string of the molecule is CCNC1c2ccccc2OCC1SC1CCCC1. The normalized spacial score (nSPS) is 27.0. The molecule has 1 fully saturated rings. The van der Waals surface area contributed by atoms with E-state index in [1.54, 1.807) is 0 Å². The Morgan fingerprint density at radius 3 is 2.84 bits per heavy atom. The molecule has 1 aliphatic carbocycles. The molecule has 1 aliphatic heterocycles. The topological polar surface area (TPSA) is 21.3 Å². The molecule has 2 aliphatic rings. The number of para-hydroxylation sites is 1. The van der Waals surface area contributed by atoms with Crippen LogP contribution >= 0.6 is 11.8 Å². The Bertz CT molecular complexity index is 417. The van der Waals surface area contributed by atoms with Gasteiger partial charge in [0.1, 0.15) is 12.4 Å². The molecule has 3 heteroatoms. The zero-order valence-corrected chi connectivity index (χ0v) is 12.4. The van der Waals surface area contributed by atoms with Crippen LogP contribution in [0.4, 0.5) is 0 Å². The lowest BCUT2D eigenvalue weighted by molar-refractivity contribution is 0.261. The van der Waals surface area contributed by atoms with E-state index in [0.29, 0.717) is 11.3 Å². The van der Waals surface area contributed by atoms with Crippen LogP contribution in [0.1, 0.15) is 44.2 Å². The number of hydrogen-bond donors (Lipinski definition) is 1. The van der Waals surface area contributed by atoms with Crippen molar-refractivity contribution in [2.75, 3.05) is 13.2 Å². The second kappa shape index (κ2) is 6.19. The summed E-state index contributed by atoms with van der Waals surface area (Å²) < 4.78 is 5.96. The number of thioether (sulfide) groups is 1. The van der Waals surface area contributed by atoms with Crippen LogP contribution in [-0.4, -0.2) is 23.7 Å². The van der Waals surface area contributed by atoms with E-state index in [-0.39, 0.29) is 0 Å². The zero-order valence-electron chi connectivity index (χ0n) is 11.6. The molecule has 2 atom stereocenters. The maximum atomic E-state index is 5.96. The van der Waals surface area contributed by atoms with Crippen LogP contribution in [0.25, 0.3) is 0 Å². The molecule has 1 N–H and O–H groups in total. The van der Waals surface area contributed by atoms with Gasteiger partial charge in [0.2, 0.25) is 0 Å². The Balaban J connectivity index is 1.77. The summed E-state index contributed by atoms with van der Waals surface area (Å²) in [6.07, 6.45) is 5.60. The first-order valence-corrected chi connectivity index (χ1v) is 8.43. The lowest BCUT2D eigenvalue weighted by atomic mass is 10.0. The van der Waals surface area contributed by atoms with Gasteiger partial charge in [0.05, 0.1) is 11.3 Å². The second-order valence-electron chi connectivity index (χ2n) is 5.47. The Morgan fingerprint density at radius 2 is 2.05 bits per heavy atom. The first-order valence-electron chi connectivity index (χ1n) is 7.49. The fourth-order valence-corrected chi connectivity index (χ4v) is 4.83. The molecule has 1 aromatic carbocycles. The highest BCUT2D eigenvalue weighted by Gasteiger charge is 2.33. The molecule has 1 aromatic rings. The maximum Gasteiger partial charge on any atom is 0.124 e. The predicted octanol–water partition coefficient (Wildman–Crippen LogP) is 3.77. The largest absolute Gasteiger partial charge is 0.492 e. The average Bonchev–Trinajstić information content (AvgIpc) is 2.94. The number of rotatable bonds is 4. The molecule has 3 rings (SSSR count). The molecule has 0 spiro atoms. The van der Waals surface area contributed by atoms with Gasteiger partial charge < -0.3 is 10.1 Å². The summed E-state index contributed by atoms with van der Waals surface area (Å²) in [6.45, 7) is 4.05. The average molecular weight is 277 g/mol. The van der Waals surface area contributed by atoms with E-state index in [1.807, 2.05) is 0 Å². The zero-order chi connectivity index (χ0) is 13.1. The van der Waals surface area contributed by atoms with Gasteiger partial charge in [-0.2, -0.15) is 0 Å². The Kier molecular flexibility index (Phi) is 4.34. The van der Waals surface area contributed by atoms with Crippen molar-refractivity contribution in [3.8, 4) is 5.75 Å². The summed E-state index contributed by atoms with van der Waals surface area (Å²) >= 11 is 2.15. The lowest BCUT2D eigenvalue weighted by Gasteiger charge is -2.35. The maximum absolute atomic E-state index is 5.96. The second-order valence-corrected chi connectivity index (χ2v) is 7.01. The molecule has 1 heterocycles. The lowest BCUT2D eigenvalue weighted by Crippen LogP contribution is -2.38. The van der Waals surface area contributed by atoms with Crippen molar-refractivity contribution in [2.45, 2.75) is 49.1 Å². The van der Waals surface area contributed by atoms with E-state index < -0.39 is 0 Å². The number of nitrogens with one attached hydrogen (secondary N) is 1. The summed E-state index contributed by atoms with van der Waals surface area (Å²) in [6, 6.07) is 8.93. The van der Waals surface area contributed by atoms with Crippen LogP contribution < -0.4 is 10.1 Å². The van der Waals surface area contributed by atoms with Crippen molar-refractivity contribution in [2.24, 2.45) is 0 Å². The van der Waals surface area contributed by atoms with Crippen molar-refractivity contribution in [3.63, 3.8) is 0 Å². The van der Waals surface area contributed by atoms with Gasteiger partial charge >= 0.3 is 0 Å². The molecule has 0 bridgehead atoms. The summed E-state index contributed by atoms with van der Waals surface area (Å²) in [4.78, 5) is 0. The summed E-state index contributed by atoms with van der Waals surface area (Å²) in [7, 11) is 0. The molecular formula is C16H23NOS. The van der Waals surface area contributed by atoms with Crippen LogP contribution in [0.2, 0.25) is 0 Å². The van der Waals surface area contributed by atoms with Crippen LogP contribution in [0, 0.1) is 0 Å². The van der Waals surface area contributed by atoms with Gasteiger partial charge in [-0.05, 0) is 25.5 Å². The Labute approximate surface area is 120 Å². The van der Waals surface area contributed by atoms with Crippen molar-refractivity contribution in [1.82, 2.24) is 5.32 Å². The third kappa shape index (κ3) is 2.92. The van der Waals surface area contributed by atoms with Crippen molar-refractivity contribution in [1.29, 1.82) is 0 Å². The van der Waals surface area contributed by atoms with Gasteiger partial charge in [-0.3, -0.25) is 0 Å². The monoisotopic (exact) mass is 277 g/mol. The smallest absolute Gasteiger partial charge is 0.124 e. The van der Waals surface area contributed by atoms with Gasteiger partial charge in [-0.1, -0.05) is 38.0 Å². The summed E-state index contributed by atoms with van der Waals surface area (Å²) in [5.41, 5.74) is 1.34. The minimum absolute atomic E-state index is 0.445. The van der Waals surface area contributed by atoms with E-state index >= 15 is 0 Å². The van der Waals surface area contributed by atoms with E-state index in [9.17, 15) is 0 Å². The molecule has 0 amide bonds. The fourth-order valence-electron chi connectivity index (χ4n) is 3.19. The molecule has 104 valence electrons. The van der Waals surface area contributed by atoms with E-state index in [2.05, 4.69) is 48.3 Å². The van der Waals surface area contributed by atoms with Crippen LogP contribution in [0.15, 0.2) is 24.3 Å². The van der Waals surface area contributed by atoms with Crippen molar-refractivity contribution in [3.05, 3.63) is 29.8 Å². The molecule has 19 heavy (non-hydrogen) atoms. The first-order chi connectivity index (χ1) is 9.38. The highest BCUT2D eigenvalue weighted by atomic mass is 32.2. The molecule has 2 nitrogen and oxygen atoms in total. The number of fused-ring (bicyclic) bond motifs is 1. The minimum atomic E-state index is 0.445. The van der Waals surface area contributed by atoms with Crippen LogP contribution in [-0.2, 0) is 0 Å². The van der Waals surface area contributed by atoms with E-state index in [1.165, 1.54) is 31.2 Å². The van der Waals surface area contributed by atoms with Gasteiger partial charge in [0.15, 0.2) is 0 Å².